The minimum atomic E-state index is -0.755. The number of aliphatic carboxylic acids is 1. The van der Waals surface area contributed by atoms with Crippen LogP contribution in [-0.2, 0) is 14.3 Å². The van der Waals surface area contributed by atoms with Crippen LogP contribution < -0.4 is 0 Å². The van der Waals surface area contributed by atoms with Gasteiger partial charge in [0.2, 0.25) is 0 Å². The van der Waals surface area contributed by atoms with Gasteiger partial charge in [0.05, 0.1) is 0 Å². The monoisotopic (exact) mass is 395 g/mol. The van der Waals surface area contributed by atoms with Gasteiger partial charge in [-0.05, 0) is 39.5 Å². The summed E-state index contributed by atoms with van der Waals surface area (Å²) in [5.41, 5.74) is -0.0633. The van der Waals surface area contributed by atoms with Crippen LogP contribution in [0.15, 0.2) is 12.7 Å². The number of esters is 1. The molecule has 0 amide bonds. The first-order valence-electron chi connectivity index (χ1n) is 10.9. The number of rotatable bonds is 12. The van der Waals surface area contributed by atoms with Crippen LogP contribution in [0.1, 0.15) is 92.4 Å². The summed E-state index contributed by atoms with van der Waals surface area (Å²) in [6.07, 6.45) is 8.52. The Bertz CT molecular complexity index is 535. The Morgan fingerprint density at radius 3 is 2.25 bits per heavy atom. The Morgan fingerprint density at radius 1 is 1.14 bits per heavy atom. The van der Waals surface area contributed by atoms with Gasteiger partial charge in [-0.15, -0.1) is 6.58 Å². The SMILES string of the molecule is C=CCN1C(C)(CC)CC(OC(=O)CCCCCCC(=O)O)C(C)C1(C)CC. The summed E-state index contributed by atoms with van der Waals surface area (Å²) in [4.78, 5) is 25.5. The maximum absolute atomic E-state index is 12.5. The molecule has 1 aliphatic rings. The number of likely N-dealkylation sites (tertiary alicyclic amines) is 1. The highest BCUT2D eigenvalue weighted by Gasteiger charge is 2.53. The molecule has 162 valence electrons. The Kier molecular flexibility index (Phi) is 9.68. The van der Waals surface area contributed by atoms with Crippen LogP contribution >= 0.6 is 0 Å². The third-order valence-corrected chi connectivity index (χ3v) is 7.04. The largest absolute Gasteiger partial charge is 0.481 e. The molecular weight excluding hydrogens is 354 g/mol. The molecule has 0 spiro atoms. The van der Waals surface area contributed by atoms with E-state index in [1.54, 1.807) is 0 Å². The number of ether oxygens (including phenoxy) is 1. The lowest BCUT2D eigenvalue weighted by molar-refractivity contribution is -0.175. The first-order chi connectivity index (χ1) is 13.1. The van der Waals surface area contributed by atoms with Crippen LogP contribution in [0.2, 0.25) is 0 Å². The second-order valence-electron chi connectivity index (χ2n) is 8.79. The van der Waals surface area contributed by atoms with Gasteiger partial charge in [-0.2, -0.15) is 0 Å². The average Bonchev–Trinajstić information content (AvgIpc) is 2.65. The van der Waals surface area contributed by atoms with Crippen molar-refractivity contribution in [2.75, 3.05) is 6.54 Å². The molecule has 1 rings (SSSR count). The minimum Gasteiger partial charge on any atom is -0.481 e. The van der Waals surface area contributed by atoms with Gasteiger partial charge in [-0.25, -0.2) is 0 Å². The number of hydrogen-bond donors (Lipinski definition) is 1. The van der Waals surface area contributed by atoms with E-state index in [4.69, 9.17) is 9.84 Å². The smallest absolute Gasteiger partial charge is 0.306 e. The van der Waals surface area contributed by atoms with Crippen LogP contribution in [0.5, 0.6) is 0 Å². The van der Waals surface area contributed by atoms with Gasteiger partial charge in [0.1, 0.15) is 6.10 Å². The summed E-state index contributed by atoms with van der Waals surface area (Å²) in [5, 5.41) is 8.66. The van der Waals surface area contributed by atoms with E-state index in [-0.39, 0.29) is 35.5 Å². The predicted octanol–water partition coefficient (Wildman–Crippen LogP) is 5.19. The highest BCUT2D eigenvalue weighted by molar-refractivity contribution is 5.69. The minimum absolute atomic E-state index is 0.0206. The molecule has 1 saturated heterocycles. The molecule has 0 radical (unpaired) electrons. The number of unbranched alkanes of at least 4 members (excludes halogenated alkanes) is 3. The van der Waals surface area contributed by atoms with E-state index in [0.29, 0.717) is 12.8 Å². The highest BCUT2D eigenvalue weighted by Crippen LogP contribution is 2.46. The Balaban J connectivity index is 2.68. The standard InChI is InChI=1S/C23H41NO4/c1-7-16-24-22(5,8-2)17-19(18(4)23(24,6)9-3)28-21(27)15-13-11-10-12-14-20(25)26/h7,18-19H,1,8-17H2,2-6H3,(H,25,26). The van der Waals surface area contributed by atoms with E-state index in [9.17, 15) is 9.59 Å². The molecule has 1 fully saturated rings. The molecule has 4 unspecified atom stereocenters. The highest BCUT2D eigenvalue weighted by atomic mass is 16.5. The van der Waals surface area contributed by atoms with Gasteiger partial charge < -0.3 is 9.84 Å². The Labute approximate surface area is 171 Å². The van der Waals surface area contributed by atoms with Crippen molar-refractivity contribution in [1.82, 2.24) is 4.90 Å². The Hall–Kier alpha value is -1.36. The van der Waals surface area contributed by atoms with Crippen molar-refractivity contribution in [1.29, 1.82) is 0 Å². The summed E-state index contributed by atoms with van der Waals surface area (Å²) in [7, 11) is 0. The average molecular weight is 396 g/mol. The second kappa shape index (κ2) is 11.0. The fraction of sp³-hybridized carbons (Fsp3) is 0.826. The van der Waals surface area contributed by atoms with Crippen LogP contribution in [0, 0.1) is 5.92 Å². The van der Waals surface area contributed by atoms with Crippen molar-refractivity contribution in [3.63, 3.8) is 0 Å². The van der Waals surface area contributed by atoms with E-state index in [1.165, 1.54) is 0 Å². The van der Waals surface area contributed by atoms with Crippen molar-refractivity contribution in [3.05, 3.63) is 12.7 Å². The van der Waals surface area contributed by atoms with Crippen LogP contribution in [-0.4, -0.2) is 45.7 Å². The summed E-state index contributed by atoms with van der Waals surface area (Å²) in [6, 6.07) is 0. The number of carboxylic acid groups (broad SMARTS) is 1. The maximum Gasteiger partial charge on any atom is 0.306 e. The molecule has 1 heterocycles. The summed E-state index contributed by atoms with van der Waals surface area (Å²) >= 11 is 0. The molecule has 28 heavy (non-hydrogen) atoms. The van der Waals surface area contributed by atoms with E-state index in [0.717, 1.165) is 45.1 Å². The van der Waals surface area contributed by atoms with Crippen molar-refractivity contribution < 1.29 is 19.4 Å². The predicted molar refractivity (Wildman–Crippen MR) is 113 cm³/mol. The van der Waals surface area contributed by atoms with Crippen LogP contribution in [0.25, 0.3) is 0 Å². The summed E-state index contributed by atoms with van der Waals surface area (Å²) in [5.74, 6) is -0.630. The fourth-order valence-electron chi connectivity index (χ4n) is 4.66. The van der Waals surface area contributed by atoms with Gasteiger partial charge in [0, 0.05) is 42.8 Å². The van der Waals surface area contributed by atoms with Crippen molar-refractivity contribution in [2.24, 2.45) is 5.92 Å². The maximum atomic E-state index is 12.5. The number of carbonyl (C=O) groups excluding carboxylic acids is 1. The van der Waals surface area contributed by atoms with Crippen molar-refractivity contribution in [3.8, 4) is 0 Å². The molecule has 1 N–H and O–H groups in total. The van der Waals surface area contributed by atoms with Gasteiger partial charge in [-0.3, -0.25) is 14.5 Å². The Morgan fingerprint density at radius 2 is 1.75 bits per heavy atom. The molecule has 0 bridgehead atoms. The lowest BCUT2D eigenvalue weighted by Gasteiger charge is -2.60. The zero-order chi connectivity index (χ0) is 21.4. The van der Waals surface area contributed by atoms with Gasteiger partial charge in [-0.1, -0.05) is 39.7 Å². The molecule has 5 nitrogen and oxygen atoms in total. The van der Waals surface area contributed by atoms with E-state index >= 15 is 0 Å². The van der Waals surface area contributed by atoms with Crippen molar-refractivity contribution >= 4 is 11.9 Å². The van der Waals surface area contributed by atoms with E-state index < -0.39 is 5.97 Å². The molecule has 0 aliphatic carbocycles. The second-order valence-corrected chi connectivity index (χ2v) is 8.79. The van der Waals surface area contributed by atoms with Crippen LogP contribution in [0.4, 0.5) is 0 Å². The number of nitrogens with zero attached hydrogens (tertiary/aromatic N) is 1. The summed E-state index contributed by atoms with van der Waals surface area (Å²) < 4.78 is 5.98. The molecule has 1 aliphatic heterocycles. The number of hydrogen-bond acceptors (Lipinski definition) is 4. The van der Waals surface area contributed by atoms with Gasteiger partial charge in [0.15, 0.2) is 0 Å². The zero-order valence-electron chi connectivity index (χ0n) is 18.6. The number of carboxylic acids is 1. The lowest BCUT2D eigenvalue weighted by atomic mass is 9.68. The summed E-state index contributed by atoms with van der Waals surface area (Å²) in [6.45, 7) is 16.0. The lowest BCUT2D eigenvalue weighted by Crippen LogP contribution is -2.68. The van der Waals surface area contributed by atoms with Crippen LogP contribution in [0.3, 0.4) is 0 Å². The number of carbonyl (C=O) groups is 2. The number of piperidine rings is 1. The molecule has 5 heteroatoms. The van der Waals surface area contributed by atoms with E-state index in [1.807, 2.05) is 6.08 Å². The molecule has 4 atom stereocenters. The topological polar surface area (TPSA) is 66.8 Å². The third kappa shape index (κ3) is 6.07. The fourth-order valence-corrected chi connectivity index (χ4v) is 4.66. The normalized spacial score (nSPS) is 30.8. The molecule has 0 aromatic rings. The molecular formula is C23H41NO4. The van der Waals surface area contributed by atoms with Gasteiger partial charge >= 0.3 is 11.9 Å². The quantitative estimate of drug-likeness (QED) is 0.280. The first kappa shape index (κ1) is 24.7. The molecule has 0 saturated carbocycles. The van der Waals surface area contributed by atoms with Gasteiger partial charge in [0.25, 0.3) is 0 Å². The third-order valence-electron chi connectivity index (χ3n) is 7.04. The molecule has 0 aromatic carbocycles. The zero-order valence-corrected chi connectivity index (χ0v) is 18.6. The van der Waals surface area contributed by atoms with E-state index in [2.05, 4.69) is 46.1 Å². The first-order valence-corrected chi connectivity index (χ1v) is 10.9. The molecule has 0 aromatic heterocycles. The van der Waals surface area contributed by atoms with Crippen molar-refractivity contribution in [2.45, 2.75) is 110 Å².